The molecule has 70 valence electrons. The van der Waals surface area contributed by atoms with Crippen molar-refractivity contribution in [2.24, 2.45) is 0 Å². The molecule has 1 aromatic rings. The van der Waals surface area contributed by atoms with Crippen molar-refractivity contribution in [2.45, 2.75) is 6.92 Å². The number of likely N-dealkylation sites (N-methyl/N-ethyl adjacent to an activating group) is 1. The van der Waals surface area contributed by atoms with E-state index in [1.54, 1.807) is 12.1 Å². The highest BCUT2D eigenvalue weighted by Gasteiger charge is 1.87. The van der Waals surface area contributed by atoms with Crippen LogP contribution < -0.4 is 5.32 Å². The first-order chi connectivity index (χ1) is 6.33. The highest BCUT2D eigenvalue weighted by molar-refractivity contribution is 5.48. The molecule has 0 heterocycles. The minimum Gasteiger partial charge on any atom is -0.314 e. The smallest absolute Gasteiger partial charge is 0.123 e. The predicted molar refractivity (Wildman–Crippen MR) is 54.0 cm³/mol. The monoisotopic (exact) mass is 179 g/mol. The van der Waals surface area contributed by atoms with E-state index in [1.807, 2.05) is 12.2 Å². The van der Waals surface area contributed by atoms with Gasteiger partial charge in [0.1, 0.15) is 5.82 Å². The first-order valence-corrected chi connectivity index (χ1v) is 4.45. The molecule has 0 spiro atoms. The van der Waals surface area contributed by atoms with Crippen molar-refractivity contribution in [1.82, 2.24) is 5.32 Å². The van der Waals surface area contributed by atoms with Crippen LogP contribution in [0.4, 0.5) is 4.39 Å². The van der Waals surface area contributed by atoms with Crippen LogP contribution in [0.2, 0.25) is 0 Å². The zero-order chi connectivity index (χ0) is 9.52. The summed E-state index contributed by atoms with van der Waals surface area (Å²) < 4.78 is 12.5. The Morgan fingerprint density at radius 2 is 2.00 bits per heavy atom. The Labute approximate surface area is 78.3 Å². The molecule has 0 bridgehead atoms. The maximum atomic E-state index is 12.5. The second-order valence-electron chi connectivity index (χ2n) is 2.76. The van der Waals surface area contributed by atoms with Gasteiger partial charge in [0.2, 0.25) is 0 Å². The Balaban J connectivity index is 2.44. The fourth-order valence-corrected chi connectivity index (χ4v) is 0.997. The lowest BCUT2D eigenvalue weighted by Crippen LogP contribution is -2.11. The van der Waals surface area contributed by atoms with Gasteiger partial charge in [-0.25, -0.2) is 4.39 Å². The number of hydrogen-bond acceptors (Lipinski definition) is 1. The Hall–Kier alpha value is -1.15. The molecular weight excluding hydrogens is 165 g/mol. The molecule has 2 heteroatoms. The third kappa shape index (κ3) is 3.85. The molecule has 0 saturated carbocycles. The largest absolute Gasteiger partial charge is 0.314 e. The zero-order valence-corrected chi connectivity index (χ0v) is 7.76. The Bertz CT molecular complexity index is 264. The Kier molecular flexibility index (Phi) is 4.19. The molecule has 0 aliphatic rings. The summed E-state index contributed by atoms with van der Waals surface area (Å²) in [5, 5.41) is 3.17. The van der Waals surface area contributed by atoms with Crippen LogP contribution in [0.15, 0.2) is 30.3 Å². The standard InChI is InChI=1S/C11H14FN/c1-2-13-9-3-4-10-5-7-11(12)8-6-10/h3-8,13H,2,9H2,1H3. The van der Waals surface area contributed by atoms with Crippen molar-refractivity contribution in [3.63, 3.8) is 0 Å². The summed E-state index contributed by atoms with van der Waals surface area (Å²) in [4.78, 5) is 0. The van der Waals surface area contributed by atoms with E-state index in [-0.39, 0.29) is 5.82 Å². The number of nitrogens with one attached hydrogen (secondary N) is 1. The molecule has 0 aromatic heterocycles. The molecule has 0 saturated heterocycles. The zero-order valence-electron chi connectivity index (χ0n) is 7.76. The van der Waals surface area contributed by atoms with Gasteiger partial charge >= 0.3 is 0 Å². The van der Waals surface area contributed by atoms with Crippen LogP contribution in [0.25, 0.3) is 6.08 Å². The molecule has 0 aliphatic carbocycles. The van der Waals surface area contributed by atoms with Crippen molar-refractivity contribution in [2.75, 3.05) is 13.1 Å². The lowest BCUT2D eigenvalue weighted by atomic mass is 10.2. The molecule has 0 aliphatic heterocycles. The molecule has 13 heavy (non-hydrogen) atoms. The van der Waals surface area contributed by atoms with Gasteiger partial charge in [-0.2, -0.15) is 0 Å². The third-order valence-electron chi connectivity index (χ3n) is 1.69. The average molecular weight is 179 g/mol. The minimum absolute atomic E-state index is 0.191. The molecule has 1 aromatic carbocycles. The lowest BCUT2D eigenvalue weighted by molar-refractivity contribution is 0.628. The number of hydrogen-bond donors (Lipinski definition) is 1. The van der Waals surface area contributed by atoms with Gasteiger partial charge in [0.15, 0.2) is 0 Å². The third-order valence-corrected chi connectivity index (χ3v) is 1.69. The van der Waals surface area contributed by atoms with Crippen LogP contribution >= 0.6 is 0 Å². The highest BCUT2D eigenvalue weighted by atomic mass is 19.1. The van der Waals surface area contributed by atoms with Crippen molar-refractivity contribution >= 4 is 6.08 Å². The van der Waals surface area contributed by atoms with Gasteiger partial charge < -0.3 is 5.32 Å². The molecular formula is C11H14FN. The number of benzene rings is 1. The van der Waals surface area contributed by atoms with Crippen molar-refractivity contribution < 1.29 is 4.39 Å². The Morgan fingerprint density at radius 1 is 1.31 bits per heavy atom. The van der Waals surface area contributed by atoms with Crippen LogP contribution in [0, 0.1) is 5.82 Å². The topological polar surface area (TPSA) is 12.0 Å². The van der Waals surface area contributed by atoms with Gasteiger partial charge in [-0.05, 0) is 24.2 Å². The van der Waals surface area contributed by atoms with Gasteiger partial charge in [-0.1, -0.05) is 31.2 Å². The molecule has 1 N–H and O–H groups in total. The van der Waals surface area contributed by atoms with Crippen molar-refractivity contribution in [3.8, 4) is 0 Å². The number of halogens is 1. The van der Waals surface area contributed by atoms with Gasteiger partial charge in [0, 0.05) is 6.54 Å². The molecule has 1 rings (SSSR count). The highest BCUT2D eigenvalue weighted by Crippen LogP contribution is 2.03. The maximum absolute atomic E-state index is 12.5. The summed E-state index contributed by atoms with van der Waals surface area (Å²) in [6.07, 6.45) is 4.00. The van der Waals surface area contributed by atoms with Gasteiger partial charge in [-0.15, -0.1) is 0 Å². The summed E-state index contributed by atoms with van der Waals surface area (Å²) in [7, 11) is 0. The summed E-state index contributed by atoms with van der Waals surface area (Å²) in [5.74, 6) is -0.191. The fourth-order valence-electron chi connectivity index (χ4n) is 0.997. The molecule has 0 radical (unpaired) electrons. The molecule has 0 atom stereocenters. The van der Waals surface area contributed by atoms with E-state index in [0.717, 1.165) is 18.7 Å². The molecule has 1 nitrogen and oxygen atoms in total. The van der Waals surface area contributed by atoms with Crippen LogP contribution in [-0.2, 0) is 0 Å². The minimum atomic E-state index is -0.191. The van der Waals surface area contributed by atoms with E-state index < -0.39 is 0 Å². The summed E-state index contributed by atoms with van der Waals surface area (Å²) in [6, 6.07) is 6.45. The van der Waals surface area contributed by atoms with E-state index in [9.17, 15) is 4.39 Å². The molecule has 0 unspecified atom stereocenters. The molecule has 0 amide bonds. The van der Waals surface area contributed by atoms with Crippen LogP contribution in [0.1, 0.15) is 12.5 Å². The van der Waals surface area contributed by atoms with Crippen LogP contribution in [0.3, 0.4) is 0 Å². The first kappa shape index (κ1) is 9.93. The fraction of sp³-hybridized carbons (Fsp3) is 0.273. The maximum Gasteiger partial charge on any atom is 0.123 e. The number of rotatable bonds is 4. The second kappa shape index (κ2) is 5.49. The van der Waals surface area contributed by atoms with Crippen molar-refractivity contribution in [1.29, 1.82) is 0 Å². The summed E-state index contributed by atoms with van der Waals surface area (Å²) in [5.41, 5.74) is 1.03. The van der Waals surface area contributed by atoms with E-state index >= 15 is 0 Å². The predicted octanol–water partition coefficient (Wildman–Crippen LogP) is 2.45. The van der Waals surface area contributed by atoms with E-state index in [1.165, 1.54) is 12.1 Å². The second-order valence-corrected chi connectivity index (χ2v) is 2.76. The SMILES string of the molecule is CCNCC=Cc1ccc(F)cc1. The first-order valence-electron chi connectivity index (χ1n) is 4.45. The van der Waals surface area contributed by atoms with E-state index in [0.29, 0.717) is 0 Å². The van der Waals surface area contributed by atoms with E-state index in [2.05, 4.69) is 12.2 Å². The van der Waals surface area contributed by atoms with Gasteiger partial charge in [-0.3, -0.25) is 0 Å². The van der Waals surface area contributed by atoms with E-state index in [4.69, 9.17) is 0 Å². The summed E-state index contributed by atoms with van der Waals surface area (Å²) >= 11 is 0. The van der Waals surface area contributed by atoms with Crippen molar-refractivity contribution in [3.05, 3.63) is 41.7 Å². The van der Waals surface area contributed by atoms with Gasteiger partial charge in [0.05, 0.1) is 0 Å². The van der Waals surface area contributed by atoms with Crippen LogP contribution in [-0.4, -0.2) is 13.1 Å². The normalized spacial score (nSPS) is 10.9. The Morgan fingerprint density at radius 3 is 2.62 bits per heavy atom. The molecule has 0 fully saturated rings. The quantitative estimate of drug-likeness (QED) is 0.700. The van der Waals surface area contributed by atoms with Crippen LogP contribution in [0.5, 0.6) is 0 Å². The van der Waals surface area contributed by atoms with Gasteiger partial charge in [0.25, 0.3) is 0 Å². The summed E-state index contributed by atoms with van der Waals surface area (Å²) in [6.45, 7) is 3.88. The lowest BCUT2D eigenvalue weighted by Gasteiger charge is -1.94. The average Bonchev–Trinajstić information content (AvgIpc) is 2.15.